The van der Waals surface area contributed by atoms with E-state index in [9.17, 15) is 0 Å². The van der Waals surface area contributed by atoms with Crippen molar-refractivity contribution < 1.29 is 5.11 Å². The fraction of sp³-hybridized carbons (Fsp3) is 0.636. The van der Waals surface area contributed by atoms with Gasteiger partial charge in [-0.1, -0.05) is 0 Å². The molecule has 0 aliphatic carbocycles. The molecule has 0 saturated carbocycles. The molecular formula is C11H18N2O. The van der Waals surface area contributed by atoms with Crippen molar-refractivity contribution in [2.45, 2.75) is 13.0 Å². The van der Waals surface area contributed by atoms with Crippen LogP contribution in [0.2, 0.25) is 0 Å². The second-order valence-electron chi connectivity index (χ2n) is 4.18. The van der Waals surface area contributed by atoms with Crippen molar-refractivity contribution >= 4 is 0 Å². The third kappa shape index (κ3) is 1.99. The highest BCUT2D eigenvalue weighted by molar-refractivity contribution is 5.06. The van der Waals surface area contributed by atoms with Crippen LogP contribution in [0, 0.1) is 5.92 Å². The monoisotopic (exact) mass is 194 g/mol. The Morgan fingerprint density at radius 1 is 1.57 bits per heavy atom. The lowest BCUT2D eigenvalue weighted by Crippen LogP contribution is -2.22. The highest BCUT2D eigenvalue weighted by Crippen LogP contribution is 2.17. The number of nitrogens with zero attached hydrogens (tertiary/aromatic N) is 2. The van der Waals surface area contributed by atoms with Crippen molar-refractivity contribution in [3.05, 3.63) is 24.0 Å². The van der Waals surface area contributed by atoms with Gasteiger partial charge in [0.15, 0.2) is 0 Å². The van der Waals surface area contributed by atoms with Gasteiger partial charge in [-0.15, -0.1) is 0 Å². The minimum absolute atomic E-state index is 0.337. The van der Waals surface area contributed by atoms with Gasteiger partial charge >= 0.3 is 0 Å². The first-order valence-corrected chi connectivity index (χ1v) is 5.23. The zero-order valence-electron chi connectivity index (χ0n) is 8.69. The Hall–Kier alpha value is -0.800. The first kappa shape index (κ1) is 9.74. The number of likely N-dealkylation sites (tertiary alicyclic amines) is 1. The molecule has 2 rings (SSSR count). The van der Waals surface area contributed by atoms with Crippen LogP contribution in [-0.2, 0) is 13.6 Å². The maximum Gasteiger partial charge on any atom is 0.0471 e. The highest BCUT2D eigenvalue weighted by Gasteiger charge is 2.21. The van der Waals surface area contributed by atoms with Gasteiger partial charge in [-0.2, -0.15) is 0 Å². The maximum absolute atomic E-state index is 9.03. The minimum atomic E-state index is 0.337. The van der Waals surface area contributed by atoms with E-state index in [-0.39, 0.29) is 0 Å². The molecule has 1 aromatic heterocycles. The summed E-state index contributed by atoms with van der Waals surface area (Å²) in [6.07, 6.45) is 3.22. The molecule has 3 nitrogen and oxygen atoms in total. The summed E-state index contributed by atoms with van der Waals surface area (Å²) >= 11 is 0. The lowest BCUT2D eigenvalue weighted by atomic mass is 10.1. The zero-order chi connectivity index (χ0) is 9.97. The predicted molar refractivity (Wildman–Crippen MR) is 55.9 cm³/mol. The van der Waals surface area contributed by atoms with E-state index in [1.54, 1.807) is 0 Å². The topological polar surface area (TPSA) is 28.4 Å². The van der Waals surface area contributed by atoms with Crippen LogP contribution >= 0.6 is 0 Å². The van der Waals surface area contributed by atoms with E-state index >= 15 is 0 Å². The summed E-state index contributed by atoms with van der Waals surface area (Å²) in [5.74, 6) is 0.496. The van der Waals surface area contributed by atoms with Gasteiger partial charge in [-0.25, -0.2) is 0 Å². The Bertz CT molecular complexity index is 295. The number of aryl methyl sites for hydroxylation is 1. The third-order valence-electron chi connectivity index (χ3n) is 3.07. The Kier molecular flexibility index (Phi) is 2.89. The summed E-state index contributed by atoms with van der Waals surface area (Å²) in [6.45, 7) is 3.52. The first-order valence-electron chi connectivity index (χ1n) is 5.23. The molecule has 1 aliphatic heterocycles. The van der Waals surface area contributed by atoms with Crippen LogP contribution in [0.3, 0.4) is 0 Å². The van der Waals surface area contributed by atoms with Crippen LogP contribution in [0.15, 0.2) is 18.3 Å². The fourth-order valence-electron chi connectivity index (χ4n) is 2.10. The van der Waals surface area contributed by atoms with E-state index in [4.69, 9.17) is 5.11 Å². The van der Waals surface area contributed by atoms with Crippen molar-refractivity contribution in [3.8, 4) is 0 Å². The second-order valence-corrected chi connectivity index (χ2v) is 4.18. The number of aliphatic hydroxyl groups is 1. The molecule has 14 heavy (non-hydrogen) atoms. The first-order chi connectivity index (χ1) is 6.79. The fourth-order valence-corrected chi connectivity index (χ4v) is 2.10. The molecule has 1 fully saturated rings. The summed E-state index contributed by atoms with van der Waals surface area (Å²) in [6, 6.07) is 4.24. The lowest BCUT2D eigenvalue weighted by molar-refractivity contribution is 0.219. The average Bonchev–Trinajstić information content (AvgIpc) is 2.77. The number of hydrogen-bond donors (Lipinski definition) is 1. The Labute approximate surface area is 85.0 Å². The van der Waals surface area contributed by atoms with Gasteiger partial charge in [0.25, 0.3) is 0 Å². The SMILES string of the molecule is Cn1cccc1CN1CCC(CO)C1. The number of aromatic nitrogens is 1. The van der Waals surface area contributed by atoms with Crippen LogP contribution in [0.5, 0.6) is 0 Å². The maximum atomic E-state index is 9.03. The van der Waals surface area contributed by atoms with Crippen LogP contribution in [0.4, 0.5) is 0 Å². The summed E-state index contributed by atoms with van der Waals surface area (Å²) in [5.41, 5.74) is 1.35. The molecular weight excluding hydrogens is 176 g/mol. The van der Waals surface area contributed by atoms with Crippen molar-refractivity contribution in [2.24, 2.45) is 13.0 Å². The third-order valence-corrected chi connectivity index (χ3v) is 3.07. The average molecular weight is 194 g/mol. The predicted octanol–water partition coefficient (Wildman–Crippen LogP) is 0.839. The van der Waals surface area contributed by atoms with Gasteiger partial charge in [0.05, 0.1) is 0 Å². The van der Waals surface area contributed by atoms with Crippen molar-refractivity contribution in [1.82, 2.24) is 9.47 Å². The van der Waals surface area contributed by atoms with E-state index in [1.807, 2.05) is 0 Å². The van der Waals surface area contributed by atoms with Gasteiger partial charge in [-0.3, -0.25) is 4.90 Å². The minimum Gasteiger partial charge on any atom is -0.396 e. The van der Waals surface area contributed by atoms with Crippen molar-refractivity contribution in [3.63, 3.8) is 0 Å². The molecule has 0 bridgehead atoms. The van der Waals surface area contributed by atoms with Crippen LogP contribution in [-0.4, -0.2) is 34.3 Å². The van der Waals surface area contributed by atoms with Crippen LogP contribution in [0.25, 0.3) is 0 Å². The molecule has 1 aliphatic rings. The van der Waals surface area contributed by atoms with Gasteiger partial charge in [0.2, 0.25) is 0 Å². The molecule has 1 N–H and O–H groups in total. The van der Waals surface area contributed by atoms with Gasteiger partial charge in [0, 0.05) is 38.6 Å². The van der Waals surface area contributed by atoms with Crippen LogP contribution < -0.4 is 0 Å². The van der Waals surface area contributed by atoms with E-state index in [1.165, 1.54) is 5.69 Å². The molecule has 1 saturated heterocycles. The van der Waals surface area contributed by atoms with Crippen molar-refractivity contribution in [1.29, 1.82) is 0 Å². The smallest absolute Gasteiger partial charge is 0.0471 e. The van der Waals surface area contributed by atoms with E-state index in [2.05, 4.69) is 34.8 Å². The Morgan fingerprint density at radius 3 is 3.00 bits per heavy atom. The number of rotatable bonds is 3. The molecule has 1 atom stereocenters. The molecule has 1 unspecified atom stereocenters. The lowest BCUT2D eigenvalue weighted by Gasteiger charge is -2.15. The van der Waals surface area contributed by atoms with E-state index in [0.717, 1.165) is 26.1 Å². The summed E-state index contributed by atoms with van der Waals surface area (Å²) in [7, 11) is 2.08. The quantitative estimate of drug-likeness (QED) is 0.772. The summed E-state index contributed by atoms with van der Waals surface area (Å²) in [4.78, 5) is 2.41. The standard InChI is InChI=1S/C11H18N2O/c1-12-5-2-3-11(12)8-13-6-4-10(7-13)9-14/h2-3,5,10,14H,4,6-9H2,1H3. The largest absolute Gasteiger partial charge is 0.396 e. The molecule has 78 valence electrons. The van der Waals surface area contributed by atoms with E-state index in [0.29, 0.717) is 12.5 Å². The second kappa shape index (κ2) is 4.15. The molecule has 0 amide bonds. The normalized spacial score (nSPS) is 23.1. The Morgan fingerprint density at radius 2 is 2.43 bits per heavy atom. The highest BCUT2D eigenvalue weighted by atomic mass is 16.3. The van der Waals surface area contributed by atoms with Gasteiger partial charge in [-0.05, 0) is 31.0 Å². The molecule has 1 aromatic rings. The zero-order valence-corrected chi connectivity index (χ0v) is 8.69. The van der Waals surface area contributed by atoms with Crippen molar-refractivity contribution in [2.75, 3.05) is 19.7 Å². The van der Waals surface area contributed by atoms with Crippen LogP contribution in [0.1, 0.15) is 12.1 Å². The molecule has 2 heterocycles. The molecule has 0 radical (unpaired) electrons. The summed E-state index contributed by atoms with van der Waals surface area (Å²) in [5, 5.41) is 9.03. The molecule has 0 spiro atoms. The molecule has 0 aromatic carbocycles. The molecule has 3 heteroatoms. The van der Waals surface area contributed by atoms with Gasteiger partial charge < -0.3 is 9.67 Å². The summed E-state index contributed by atoms with van der Waals surface area (Å²) < 4.78 is 2.16. The number of aliphatic hydroxyl groups excluding tert-OH is 1. The van der Waals surface area contributed by atoms with E-state index < -0.39 is 0 Å². The number of hydrogen-bond acceptors (Lipinski definition) is 2. The van der Waals surface area contributed by atoms with Gasteiger partial charge in [0.1, 0.15) is 0 Å². The Balaban J connectivity index is 1.90.